The van der Waals surface area contributed by atoms with Crippen molar-refractivity contribution in [1.82, 2.24) is 4.90 Å². The summed E-state index contributed by atoms with van der Waals surface area (Å²) in [5.74, 6) is 1.99. The van der Waals surface area contributed by atoms with Gasteiger partial charge >= 0.3 is 0 Å². The fourth-order valence-electron chi connectivity index (χ4n) is 3.94. The zero-order valence-corrected chi connectivity index (χ0v) is 15.5. The van der Waals surface area contributed by atoms with E-state index in [1.165, 1.54) is 48.2 Å². The number of likely N-dealkylation sites (tertiary alicyclic amines) is 1. The fourth-order valence-corrected chi connectivity index (χ4v) is 3.94. The van der Waals surface area contributed by atoms with Gasteiger partial charge in [0.2, 0.25) is 0 Å². The molecule has 1 fully saturated rings. The molecule has 0 aromatic heterocycles. The van der Waals surface area contributed by atoms with Crippen molar-refractivity contribution >= 4 is 5.57 Å². The predicted octanol–water partition coefficient (Wildman–Crippen LogP) is 4.74. The molecule has 1 aliphatic heterocycles. The Balaban J connectivity index is 1.41. The highest BCUT2D eigenvalue weighted by Gasteiger charge is 2.19. The molecule has 26 heavy (non-hydrogen) atoms. The number of rotatable bonds is 6. The van der Waals surface area contributed by atoms with E-state index in [0.29, 0.717) is 0 Å². The summed E-state index contributed by atoms with van der Waals surface area (Å²) >= 11 is 0. The zero-order chi connectivity index (χ0) is 17.8. The normalized spacial score (nSPS) is 19.9. The van der Waals surface area contributed by atoms with Crippen LogP contribution in [0, 0.1) is 0 Å². The van der Waals surface area contributed by atoms with Crippen LogP contribution in [0.5, 0.6) is 5.75 Å². The molecule has 136 valence electrons. The lowest BCUT2D eigenvalue weighted by molar-refractivity contribution is 0.238. The number of benzene rings is 1. The van der Waals surface area contributed by atoms with Gasteiger partial charge < -0.3 is 9.47 Å². The standard InChI is InChI=1S/C23H27NO2/c1-25-21-11-12-23-19(17-21)5-4-6-22(23)18-7-9-20(10-8-18)26-16-15-24-13-2-3-14-24/h5-12H,2-4,13-17H2,1H3. The van der Waals surface area contributed by atoms with Crippen LogP contribution in [0.15, 0.2) is 65.5 Å². The SMILES string of the molecule is COC1=CC=C2C(=CCC=C2c2ccc(OCCN3CCCC3)cc2)C1. The molecule has 0 radical (unpaired) electrons. The third-order valence-electron chi connectivity index (χ3n) is 5.43. The molecule has 1 saturated heterocycles. The van der Waals surface area contributed by atoms with Crippen LogP contribution in [-0.4, -0.2) is 38.3 Å². The van der Waals surface area contributed by atoms with Crippen LogP contribution in [0.2, 0.25) is 0 Å². The summed E-state index contributed by atoms with van der Waals surface area (Å²) in [7, 11) is 1.74. The van der Waals surface area contributed by atoms with Crippen LogP contribution >= 0.6 is 0 Å². The van der Waals surface area contributed by atoms with E-state index >= 15 is 0 Å². The first-order valence-corrected chi connectivity index (χ1v) is 9.64. The van der Waals surface area contributed by atoms with Crippen LogP contribution in [0.25, 0.3) is 5.57 Å². The van der Waals surface area contributed by atoms with Gasteiger partial charge in [-0.15, -0.1) is 0 Å². The van der Waals surface area contributed by atoms with Gasteiger partial charge in [-0.25, -0.2) is 0 Å². The molecule has 0 atom stereocenters. The first-order chi connectivity index (χ1) is 12.8. The first-order valence-electron chi connectivity index (χ1n) is 9.64. The Kier molecular flexibility index (Phi) is 5.26. The van der Waals surface area contributed by atoms with Crippen molar-refractivity contribution in [2.75, 3.05) is 33.4 Å². The Labute approximate surface area is 156 Å². The molecule has 0 saturated carbocycles. The van der Waals surface area contributed by atoms with Gasteiger partial charge in [0, 0.05) is 13.0 Å². The molecule has 0 amide bonds. The second-order valence-corrected chi connectivity index (χ2v) is 7.10. The van der Waals surface area contributed by atoms with Gasteiger partial charge in [-0.3, -0.25) is 4.90 Å². The molecule has 0 spiro atoms. The van der Waals surface area contributed by atoms with Crippen molar-refractivity contribution in [3.05, 3.63) is 71.0 Å². The Morgan fingerprint density at radius 2 is 1.77 bits per heavy atom. The highest BCUT2D eigenvalue weighted by atomic mass is 16.5. The van der Waals surface area contributed by atoms with Crippen LogP contribution in [0.1, 0.15) is 31.2 Å². The van der Waals surface area contributed by atoms with Crippen molar-refractivity contribution in [1.29, 1.82) is 0 Å². The van der Waals surface area contributed by atoms with E-state index in [0.717, 1.165) is 37.5 Å². The Hall–Kier alpha value is -2.26. The Morgan fingerprint density at radius 3 is 2.54 bits per heavy atom. The lowest BCUT2D eigenvalue weighted by atomic mass is 9.83. The highest BCUT2D eigenvalue weighted by Crippen LogP contribution is 2.38. The molecule has 3 aliphatic rings. The molecular formula is C23H27NO2. The van der Waals surface area contributed by atoms with Gasteiger partial charge in [-0.1, -0.05) is 30.4 Å². The second kappa shape index (κ2) is 7.96. The number of hydrogen-bond acceptors (Lipinski definition) is 3. The number of ether oxygens (including phenoxy) is 2. The summed E-state index contributed by atoms with van der Waals surface area (Å²) < 4.78 is 11.3. The van der Waals surface area contributed by atoms with Crippen LogP contribution in [0.4, 0.5) is 0 Å². The molecule has 1 heterocycles. The highest BCUT2D eigenvalue weighted by molar-refractivity contribution is 5.86. The zero-order valence-electron chi connectivity index (χ0n) is 15.5. The fraction of sp³-hybridized carbons (Fsp3) is 0.391. The summed E-state index contributed by atoms with van der Waals surface area (Å²) in [6.07, 6.45) is 13.4. The largest absolute Gasteiger partial charge is 0.501 e. The van der Waals surface area contributed by atoms with Gasteiger partial charge in [-0.2, -0.15) is 0 Å². The molecule has 0 bridgehead atoms. The van der Waals surface area contributed by atoms with Crippen molar-refractivity contribution in [2.45, 2.75) is 25.7 Å². The average molecular weight is 349 g/mol. The average Bonchev–Trinajstić information content (AvgIpc) is 3.21. The minimum atomic E-state index is 0.769. The van der Waals surface area contributed by atoms with E-state index in [2.05, 4.69) is 53.5 Å². The molecule has 0 unspecified atom stereocenters. The smallest absolute Gasteiger partial charge is 0.119 e. The summed E-state index contributed by atoms with van der Waals surface area (Å²) in [5, 5.41) is 0. The van der Waals surface area contributed by atoms with E-state index in [9.17, 15) is 0 Å². The van der Waals surface area contributed by atoms with Gasteiger partial charge in [-0.05, 0) is 72.8 Å². The number of fused-ring (bicyclic) bond motifs is 1. The number of allylic oxidation sites excluding steroid dienone is 7. The van der Waals surface area contributed by atoms with Crippen molar-refractivity contribution in [3.8, 4) is 5.75 Å². The van der Waals surface area contributed by atoms with Crippen molar-refractivity contribution < 1.29 is 9.47 Å². The summed E-state index contributed by atoms with van der Waals surface area (Å²) in [4.78, 5) is 2.48. The molecule has 2 aliphatic carbocycles. The monoisotopic (exact) mass is 349 g/mol. The van der Waals surface area contributed by atoms with Crippen molar-refractivity contribution in [2.24, 2.45) is 0 Å². The van der Waals surface area contributed by atoms with E-state index in [1.807, 2.05) is 0 Å². The lowest BCUT2D eigenvalue weighted by Crippen LogP contribution is -2.25. The molecule has 1 aromatic rings. The van der Waals surface area contributed by atoms with Crippen molar-refractivity contribution in [3.63, 3.8) is 0 Å². The molecular weight excluding hydrogens is 322 g/mol. The van der Waals surface area contributed by atoms with E-state index in [4.69, 9.17) is 9.47 Å². The third-order valence-corrected chi connectivity index (χ3v) is 5.43. The minimum Gasteiger partial charge on any atom is -0.501 e. The maximum absolute atomic E-state index is 5.93. The summed E-state index contributed by atoms with van der Waals surface area (Å²) in [6, 6.07) is 8.54. The van der Waals surface area contributed by atoms with E-state index in [-0.39, 0.29) is 0 Å². The van der Waals surface area contributed by atoms with Gasteiger partial charge in [0.05, 0.1) is 12.9 Å². The third kappa shape index (κ3) is 3.78. The van der Waals surface area contributed by atoms with Crippen LogP contribution < -0.4 is 4.74 Å². The van der Waals surface area contributed by atoms with E-state index in [1.54, 1.807) is 7.11 Å². The number of nitrogens with zero attached hydrogens (tertiary/aromatic N) is 1. The topological polar surface area (TPSA) is 21.7 Å². The molecule has 3 heteroatoms. The van der Waals surface area contributed by atoms with E-state index < -0.39 is 0 Å². The molecule has 4 rings (SSSR count). The number of methoxy groups -OCH3 is 1. The van der Waals surface area contributed by atoms with Gasteiger partial charge in [0.25, 0.3) is 0 Å². The Morgan fingerprint density at radius 1 is 0.962 bits per heavy atom. The molecule has 0 N–H and O–H groups in total. The lowest BCUT2D eigenvalue weighted by Gasteiger charge is -2.23. The maximum atomic E-state index is 5.93. The predicted molar refractivity (Wildman–Crippen MR) is 106 cm³/mol. The quantitative estimate of drug-likeness (QED) is 0.741. The molecule has 1 aromatic carbocycles. The van der Waals surface area contributed by atoms with Gasteiger partial charge in [0.15, 0.2) is 0 Å². The minimum absolute atomic E-state index is 0.769. The Bertz CT molecular complexity index is 762. The second-order valence-electron chi connectivity index (χ2n) is 7.10. The first kappa shape index (κ1) is 17.2. The molecule has 3 nitrogen and oxygen atoms in total. The van der Waals surface area contributed by atoms with Crippen LogP contribution in [0.3, 0.4) is 0 Å². The van der Waals surface area contributed by atoms with Gasteiger partial charge in [0.1, 0.15) is 12.4 Å². The number of hydrogen-bond donors (Lipinski definition) is 0. The summed E-state index contributed by atoms with van der Waals surface area (Å²) in [5.41, 5.74) is 5.26. The summed E-state index contributed by atoms with van der Waals surface area (Å²) in [6.45, 7) is 4.24. The maximum Gasteiger partial charge on any atom is 0.119 e. The van der Waals surface area contributed by atoms with Crippen LogP contribution in [-0.2, 0) is 4.74 Å².